The lowest BCUT2D eigenvalue weighted by molar-refractivity contribution is 0.628. The van der Waals surface area contributed by atoms with Crippen LogP contribution < -0.4 is 17.0 Å². The third kappa shape index (κ3) is 2.37. The minimum atomic E-state index is -0.580. The summed E-state index contributed by atoms with van der Waals surface area (Å²) in [5, 5.41) is 0. The van der Waals surface area contributed by atoms with Gasteiger partial charge in [-0.2, -0.15) is 0 Å². The predicted molar refractivity (Wildman–Crippen MR) is 75.0 cm³/mol. The van der Waals surface area contributed by atoms with Crippen LogP contribution >= 0.6 is 0 Å². The highest BCUT2D eigenvalue weighted by molar-refractivity contribution is 5.83. The molecule has 1 aromatic heterocycles. The molecule has 0 saturated carbocycles. The molecule has 2 aromatic rings. The lowest BCUT2D eigenvalue weighted by atomic mass is 10.2. The van der Waals surface area contributed by atoms with Crippen molar-refractivity contribution in [3.8, 4) is 0 Å². The quantitative estimate of drug-likeness (QED) is 0.813. The van der Waals surface area contributed by atoms with Crippen molar-refractivity contribution in [2.24, 2.45) is 19.1 Å². The molecule has 0 saturated heterocycles. The highest BCUT2D eigenvalue weighted by Crippen LogP contribution is 2.13. The number of hydrogen-bond acceptors (Lipinski definition) is 4. The number of aliphatic imine (C=N–C) groups is 1. The Hall–Kier alpha value is -2.70. The summed E-state index contributed by atoms with van der Waals surface area (Å²) in [5.41, 5.74) is 5.20. The standard InChI is InChI=1S/C13H13FN4O2/c1-17-11(15)10(12(19)18(2)13(17)20)16-7-8-3-5-9(14)6-4-8/h3-7H,15H2,1-2H3. The van der Waals surface area contributed by atoms with E-state index in [0.717, 1.165) is 9.13 Å². The van der Waals surface area contributed by atoms with E-state index in [2.05, 4.69) is 4.99 Å². The van der Waals surface area contributed by atoms with Crippen molar-refractivity contribution < 1.29 is 4.39 Å². The third-order valence-corrected chi connectivity index (χ3v) is 2.90. The van der Waals surface area contributed by atoms with Crippen LogP contribution in [0.5, 0.6) is 0 Å². The van der Waals surface area contributed by atoms with Crippen molar-refractivity contribution in [1.82, 2.24) is 9.13 Å². The number of anilines is 1. The number of nitrogens with two attached hydrogens (primary N) is 1. The minimum Gasteiger partial charge on any atom is -0.383 e. The zero-order chi connectivity index (χ0) is 14.9. The van der Waals surface area contributed by atoms with E-state index < -0.39 is 11.2 Å². The second-order valence-electron chi connectivity index (χ2n) is 4.25. The first-order valence-corrected chi connectivity index (χ1v) is 5.77. The molecular formula is C13H13FN4O2. The van der Waals surface area contributed by atoms with Crippen LogP contribution in [0.3, 0.4) is 0 Å². The number of hydrogen-bond donors (Lipinski definition) is 1. The molecular weight excluding hydrogens is 263 g/mol. The fourth-order valence-electron chi connectivity index (χ4n) is 1.65. The first-order valence-electron chi connectivity index (χ1n) is 5.77. The minimum absolute atomic E-state index is 0.0172. The first kappa shape index (κ1) is 13.7. The number of halogens is 1. The molecule has 0 aliphatic heterocycles. The summed E-state index contributed by atoms with van der Waals surface area (Å²) >= 11 is 0. The molecule has 0 spiro atoms. The number of aromatic nitrogens is 2. The van der Waals surface area contributed by atoms with Crippen molar-refractivity contribution in [3.05, 3.63) is 56.5 Å². The van der Waals surface area contributed by atoms with E-state index in [9.17, 15) is 14.0 Å². The molecule has 0 aliphatic rings. The molecule has 0 fully saturated rings. The predicted octanol–water partition coefficient (Wildman–Crippen LogP) is 0.556. The fraction of sp³-hybridized carbons (Fsp3) is 0.154. The zero-order valence-corrected chi connectivity index (χ0v) is 11.0. The highest BCUT2D eigenvalue weighted by atomic mass is 19.1. The van der Waals surface area contributed by atoms with Gasteiger partial charge in [0.25, 0.3) is 5.56 Å². The Labute approximate surface area is 113 Å². The molecule has 0 unspecified atom stereocenters. The van der Waals surface area contributed by atoms with Crippen molar-refractivity contribution in [3.63, 3.8) is 0 Å². The van der Waals surface area contributed by atoms with Gasteiger partial charge in [-0.3, -0.25) is 13.9 Å². The van der Waals surface area contributed by atoms with Gasteiger partial charge in [-0.15, -0.1) is 0 Å². The van der Waals surface area contributed by atoms with Gasteiger partial charge in [0.1, 0.15) is 11.6 Å². The molecule has 104 valence electrons. The lowest BCUT2D eigenvalue weighted by Gasteiger charge is -2.07. The van der Waals surface area contributed by atoms with E-state index in [4.69, 9.17) is 5.73 Å². The number of benzene rings is 1. The molecule has 1 heterocycles. The van der Waals surface area contributed by atoms with Gasteiger partial charge in [0.2, 0.25) is 0 Å². The van der Waals surface area contributed by atoms with E-state index in [1.807, 2.05) is 0 Å². The van der Waals surface area contributed by atoms with Gasteiger partial charge in [-0.05, 0) is 17.7 Å². The molecule has 1 aromatic carbocycles. The molecule has 6 nitrogen and oxygen atoms in total. The summed E-state index contributed by atoms with van der Waals surface area (Å²) in [6.45, 7) is 0. The van der Waals surface area contributed by atoms with Crippen LogP contribution in [-0.4, -0.2) is 15.3 Å². The van der Waals surface area contributed by atoms with Gasteiger partial charge in [-0.1, -0.05) is 12.1 Å². The van der Waals surface area contributed by atoms with Crippen LogP contribution in [0.1, 0.15) is 5.56 Å². The topological polar surface area (TPSA) is 82.4 Å². The van der Waals surface area contributed by atoms with Crippen molar-refractivity contribution in [2.45, 2.75) is 0 Å². The van der Waals surface area contributed by atoms with Gasteiger partial charge < -0.3 is 5.73 Å². The largest absolute Gasteiger partial charge is 0.383 e. The average Bonchev–Trinajstić information content (AvgIpc) is 2.45. The van der Waals surface area contributed by atoms with E-state index >= 15 is 0 Å². The van der Waals surface area contributed by atoms with Crippen molar-refractivity contribution >= 4 is 17.7 Å². The molecule has 0 bridgehead atoms. The fourth-order valence-corrected chi connectivity index (χ4v) is 1.65. The maximum Gasteiger partial charge on any atom is 0.332 e. The molecule has 7 heteroatoms. The van der Waals surface area contributed by atoms with Gasteiger partial charge in [0, 0.05) is 20.3 Å². The SMILES string of the molecule is Cn1c(N)c(N=Cc2ccc(F)cc2)c(=O)n(C)c1=O. The smallest absolute Gasteiger partial charge is 0.332 e. The van der Waals surface area contributed by atoms with E-state index in [1.165, 1.54) is 44.6 Å². The Balaban J connectivity index is 2.52. The van der Waals surface area contributed by atoms with Crippen LogP contribution in [0, 0.1) is 5.82 Å². The number of nitrogen functional groups attached to an aromatic ring is 1. The molecule has 2 N–H and O–H groups in total. The maximum atomic E-state index is 12.8. The van der Waals surface area contributed by atoms with Crippen LogP contribution in [0.15, 0.2) is 38.8 Å². The first-order chi connectivity index (χ1) is 9.41. The second-order valence-corrected chi connectivity index (χ2v) is 4.25. The Kier molecular flexibility index (Phi) is 3.51. The third-order valence-electron chi connectivity index (χ3n) is 2.90. The normalized spacial score (nSPS) is 11.2. The Morgan fingerprint density at radius 1 is 1.15 bits per heavy atom. The molecule has 2 rings (SSSR count). The summed E-state index contributed by atoms with van der Waals surface area (Å²) < 4.78 is 14.8. The zero-order valence-electron chi connectivity index (χ0n) is 11.0. The van der Waals surface area contributed by atoms with Gasteiger partial charge in [0.15, 0.2) is 5.69 Å². The van der Waals surface area contributed by atoms with Gasteiger partial charge in [-0.25, -0.2) is 14.2 Å². The summed E-state index contributed by atoms with van der Waals surface area (Å²) in [5.74, 6) is -0.379. The van der Waals surface area contributed by atoms with Crippen LogP contribution in [0.25, 0.3) is 0 Å². The van der Waals surface area contributed by atoms with Crippen molar-refractivity contribution in [1.29, 1.82) is 0 Å². The molecule has 0 atom stereocenters. The molecule has 0 radical (unpaired) electrons. The Bertz CT molecular complexity index is 788. The number of rotatable bonds is 2. The van der Waals surface area contributed by atoms with Crippen LogP contribution in [0.4, 0.5) is 15.9 Å². The van der Waals surface area contributed by atoms with Gasteiger partial charge >= 0.3 is 5.69 Å². The van der Waals surface area contributed by atoms with Gasteiger partial charge in [0.05, 0.1) is 0 Å². The average molecular weight is 276 g/mol. The van der Waals surface area contributed by atoms with Crippen LogP contribution in [0.2, 0.25) is 0 Å². The molecule has 0 amide bonds. The Morgan fingerprint density at radius 2 is 1.75 bits per heavy atom. The summed E-state index contributed by atoms with van der Waals surface area (Å²) in [4.78, 5) is 27.6. The summed E-state index contributed by atoms with van der Waals surface area (Å²) in [6.07, 6.45) is 1.39. The lowest BCUT2D eigenvalue weighted by Crippen LogP contribution is -2.37. The monoisotopic (exact) mass is 276 g/mol. The maximum absolute atomic E-state index is 12.8. The summed E-state index contributed by atoms with van der Waals surface area (Å²) in [7, 11) is 2.80. The van der Waals surface area contributed by atoms with E-state index in [1.54, 1.807) is 0 Å². The Morgan fingerprint density at radius 3 is 2.35 bits per heavy atom. The molecule has 0 aliphatic carbocycles. The number of nitrogens with zero attached hydrogens (tertiary/aromatic N) is 3. The van der Waals surface area contributed by atoms with E-state index in [-0.39, 0.29) is 17.3 Å². The van der Waals surface area contributed by atoms with E-state index in [0.29, 0.717) is 5.56 Å². The second kappa shape index (κ2) is 5.12. The van der Waals surface area contributed by atoms with Crippen LogP contribution in [-0.2, 0) is 14.1 Å². The highest BCUT2D eigenvalue weighted by Gasteiger charge is 2.11. The molecule has 20 heavy (non-hydrogen) atoms. The summed E-state index contributed by atoms with van der Waals surface area (Å²) in [6, 6.07) is 5.59. The van der Waals surface area contributed by atoms with Crippen molar-refractivity contribution in [2.75, 3.05) is 5.73 Å².